The second-order valence-corrected chi connectivity index (χ2v) is 6.66. The van der Waals surface area contributed by atoms with Crippen LogP contribution < -0.4 is 4.74 Å². The summed E-state index contributed by atoms with van der Waals surface area (Å²) >= 11 is 0. The molecule has 0 N–H and O–H groups in total. The predicted molar refractivity (Wildman–Crippen MR) is 113 cm³/mol. The number of hydrogen-bond donors (Lipinski definition) is 0. The zero-order valence-corrected chi connectivity index (χ0v) is 16.6. The van der Waals surface area contributed by atoms with E-state index in [2.05, 4.69) is 0 Å². The average Bonchev–Trinajstić information content (AvgIpc) is 2.81. The lowest BCUT2D eigenvalue weighted by Gasteiger charge is -2.17. The summed E-state index contributed by atoms with van der Waals surface area (Å²) < 4.78 is 10.6. The molecule has 0 heterocycles. The van der Waals surface area contributed by atoms with E-state index >= 15 is 0 Å². The van der Waals surface area contributed by atoms with Gasteiger partial charge in [-0.3, -0.25) is 14.4 Å². The van der Waals surface area contributed by atoms with Crippen LogP contribution >= 0.6 is 0 Å². The first-order valence-corrected chi connectivity index (χ1v) is 9.59. The van der Waals surface area contributed by atoms with E-state index < -0.39 is 12.1 Å². The van der Waals surface area contributed by atoms with Crippen LogP contribution in [-0.2, 0) is 9.53 Å². The fourth-order valence-corrected chi connectivity index (χ4v) is 2.98. The third-order valence-electron chi connectivity index (χ3n) is 4.62. The highest BCUT2D eigenvalue weighted by Crippen LogP contribution is 2.24. The fraction of sp³-hybridized carbons (Fsp3) is 0.160. The second-order valence-electron chi connectivity index (χ2n) is 6.66. The van der Waals surface area contributed by atoms with Gasteiger partial charge in [-0.05, 0) is 24.3 Å². The Morgan fingerprint density at radius 3 is 1.93 bits per heavy atom. The number of methoxy groups -OCH3 is 1. The van der Waals surface area contributed by atoms with Gasteiger partial charge in [-0.25, -0.2) is 0 Å². The number of rotatable bonds is 9. The number of ketones is 2. The monoisotopic (exact) mass is 402 g/mol. The van der Waals surface area contributed by atoms with Crippen molar-refractivity contribution < 1.29 is 23.9 Å². The minimum Gasteiger partial charge on any atom is -0.497 e. The molecule has 0 saturated heterocycles. The van der Waals surface area contributed by atoms with Crippen LogP contribution in [0.2, 0.25) is 0 Å². The molecule has 0 aliphatic carbocycles. The summed E-state index contributed by atoms with van der Waals surface area (Å²) in [6, 6.07) is 24.2. The van der Waals surface area contributed by atoms with Crippen molar-refractivity contribution in [3.63, 3.8) is 0 Å². The first-order valence-electron chi connectivity index (χ1n) is 9.59. The summed E-state index contributed by atoms with van der Waals surface area (Å²) in [4.78, 5) is 37.7. The van der Waals surface area contributed by atoms with Crippen LogP contribution in [-0.4, -0.2) is 24.6 Å². The summed E-state index contributed by atoms with van der Waals surface area (Å²) in [7, 11) is 1.54. The number of hydrogen-bond acceptors (Lipinski definition) is 5. The molecule has 152 valence electrons. The van der Waals surface area contributed by atoms with E-state index in [9.17, 15) is 14.4 Å². The van der Waals surface area contributed by atoms with Gasteiger partial charge >= 0.3 is 5.97 Å². The maximum Gasteiger partial charge on any atom is 0.307 e. The van der Waals surface area contributed by atoms with Crippen LogP contribution in [0.5, 0.6) is 5.75 Å². The first-order chi connectivity index (χ1) is 14.6. The molecule has 0 aliphatic rings. The molecule has 5 heteroatoms. The molecule has 0 radical (unpaired) electrons. The maximum absolute atomic E-state index is 13.1. The Hall–Kier alpha value is -3.73. The quantitative estimate of drug-likeness (QED) is 0.379. The van der Waals surface area contributed by atoms with Gasteiger partial charge in [-0.2, -0.15) is 0 Å². The Morgan fingerprint density at radius 2 is 1.33 bits per heavy atom. The molecule has 5 nitrogen and oxygen atoms in total. The second kappa shape index (κ2) is 10.2. The van der Waals surface area contributed by atoms with Crippen LogP contribution in [0.4, 0.5) is 0 Å². The lowest BCUT2D eigenvalue weighted by atomic mass is 9.99. The highest BCUT2D eigenvalue weighted by molar-refractivity contribution is 6.01. The molecule has 3 rings (SSSR count). The number of benzene rings is 3. The topological polar surface area (TPSA) is 69.7 Å². The van der Waals surface area contributed by atoms with Crippen LogP contribution in [0.3, 0.4) is 0 Å². The van der Waals surface area contributed by atoms with Crippen LogP contribution in [0.1, 0.15) is 45.2 Å². The molecule has 30 heavy (non-hydrogen) atoms. The molecular formula is C25H22O5. The number of carbonyl (C=O) groups excluding carboxylic acids is 3. The zero-order chi connectivity index (χ0) is 21.3. The maximum atomic E-state index is 13.1. The fourth-order valence-electron chi connectivity index (χ4n) is 2.98. The van der Waals surface area contributed by atoms with E-state index in [-0.39, 0.29) is 24.4 Å². The normalized spacial score (nSPS) is 11.4. The van der Waals surface area contributed by atoms with Gasteiger partial charge in [-0.1, -0.05) is 60.7 Å². The van der Waals surface area contributed by atoms with Gasteiger partial charge in [0.05, 0.1) is 13.5 Å². The summed E-state index contributed by atoms with van der Waals surface area (Å²) in [5.41, 5.74) is 1.51. The first kappa shape index (κ1) is 21.0. The minimum atomic E-state index is -1.08. The van der Waals surface area contributed by atoms with Crippen molar-refractivity contribution in [1.29, 1.82) is 0 Å². The lowest BCUT2D eigenvalue weighted by molar-refractivity contribution is -0.147. The van der Waals surface area contributed by atoms with Crippen molar-refractivity contribution in [3.05, 3.63) is 102 Å². The number of Topliss-reactive ketones (excluding diaryl/α,β-unsaturated/α-hetero) is 2. The van der Waals surface area contributed by atoms with Crippen molar-refractivity contribution in [2.75, 3.05) is 7.11 Å². The molecular weight excluding hydrogens is 380 g/mol. The smallest absolute Gasteiger partial charge is 0.307 e. The Kier molecular flexibility index (Phi) is 7.11. The highest BCUT2D eigenvalue weighted by atomic mass is 16.5. The Morgan fingerprint density at radius 1 is 0.733 bits per heavy atom. The number of carbonyl (C=O) groups is 3. The third kappa shape index (κ3) is 5.41. The number of esters is 1. The summed E-state index contributed by atoms with van der Waals surface area (Å²) in [6.45, 7) is 0. The van der Waals surface area contributed by atoms with E-state index in [0.29, 0.717) is 22.4 Å². The molecule has 1 atom stereocenters. The summed E-state index contributed by atoms with van der Waals surface area (Å²) in [5.74, 6) is -0.467. The van der Waals surface area contributed by atoms with E-state index in [1.165, 1.54) is 0 Å². The van der Waals surface area contributed by atoms with Crippen molar-refractivity contribution >= 4 is 17.5 Å². The number of ether oxygens (including phenoxy) is 2. The van der Waals surface area contributed by atoms with Crippen molar-refractivity contribution in [2.24, 2.45) is 0 Å². The van der Waals surface area contributed by atoms with E-state index in [1.54, 1.807) is 79.9 Å². The highest BCUT2D eigenvalue weighted by Gasteiger charge is 2.26. The van der Waals surface area contributed by atoms with Gasteiger partial charge in [0, 0.05) is 23.1 Å². The molecule has 0 spiro atoms. The Balaban J connectivity index is 1.71. The van der Waals surface area contributed by atoms with Gasteiger partial charge < -0.3 is 9.47 Å². The van der Waals surface area contributed by atoms with Gasteiger partial charge in [0.1, 0.15) is 5.75 Å². The van der Waals surface area contributed by atoms with Crippen LogP contribution in [0.15, 0.2) is 84.9 Å². The molecule has 1 unspecified atom stereocenters. The van der Waals surface area contributed by atoms with E-state index in [4.69, 9.17) is 9.47 Å². The largest absolute Gasteiger partial charge is 0.497 e. The van der Waals surface area contributed by atoms with E-state index in [0.717, 1.165) is 0 Å². The summed E-state index contributed by atoms with van der Waals surface area (Å²) in [5, 5.41) is 0. The molecule has 3 aromatic rings. The standard InChI is InChI=1S/C25H22O5/c1-29-21-14-12-19(13-15-21)24(28)25(20-10-6-3-7-11-20)30-23(27)17-16-22(26)18-8-4-2-5-9-18/h2-15,25H,16-17H2,1H3. The zero-order valence-electron chi connectivity index (χ0n) is 16.6. The Bertz CT molecular complexity index is 995. The minimum absolute atomic E-state index is 0.0150. The predicted octanol–water partition coefficient (Wildman–Crippen LogP) is 4.83. The lowest BCUT2D eigenvalue weighted by Crippen LogP contribution is -2.20. The van der Waals surface area contributed by atoms with Gasteiger partial charge in [0.2, 0.25) is 5.78 Å². The van der Waals surface area contributed by atoms with Gasteiger partial charge in [-0.15, -0.1) is 0 Å². The van der Waals surface area contributed by atoms with Gasteiger partial charge in [0.25, 0.3) is 0 Å². The SMILES string of the molecule is COc1ccc(C(=O)C(OC(=O)CCC(=O)c2ccccc2)c2ccccc2)cc1. The average molecular weight is 402 g/mol. The molecule has 0 aliphatic heterocycles. The van der Waals surface area contributed by atoms with Crippen LogP contribution in [0, 0.1) is 0 Å². The molecule has 0 amide bonds. The van der Waals surface area contributed by atoms with Crippen molar-refractivity contribution in [2.45, 2.75) is 18.9 Å². The summed E-state index contributed by atoms with van der Waals surface area (Å²) in [6.07, 6.45) is -1.17. The molecule has 0 aromatic heterocycles. The third-order valence-corrected chi connectivity index (χ3v) is 4.62. The van der Waals surface area contributed by atoms with E-state index in [1.807, 2.05) is 12.1 Å². The van der Waals surface area contributed by atoms with Gasteiger partial charge in [0.15, 0.2) is 11.9 Å². The van der Waals surface area contributed by atoms with Crippen molar-refractivity contribution in [3.8, 4) is 5.75 Å². The van der Waals surface area contributed by atoms with Crippen molar-refractivity contribution in [1.82, 2.24) is 0 Å². The molecule has 0 bridgehead atoms. The molecule has 0 fully saturated rings. The molecule has 3 aromatic carbocycles. The Labute approximate surface area is 175 Å². The van der Waals surface area contributed by atoms with Crippen LogP contribution in [0.25, 0.3) is 0 Å². The molecule has 0 saturated carbocycles.